The van der Waals surface area contributed by atoms with Gasteiger partial charge in [-0.2, -0.15) is 0 Å². The number of carboxylic acids is 1. The van der Waals surface area contributed by atoms with Crippen molar-refractivity contribution in [2.24, 2.45) is 41.2 Å². The third-order valence-electron chi connectivity index (χ3n) is 20.3. The third-order valence-corrected chi connectivity index (χ3v) is 20.3. The van der Waals surface area contributed by atoms with Crippen LogP contribution in [0.1, 0.15) is 167 Å². The highest BCUT2D eigenvalue weighted by Gasteiger charge is 2.45. The second-order valence-corrected chi connectivity index (χ2v) is 33.3. The number of aromatic amines is 2. The van der Waals surface area contributed by atoms with Crippen molar-refractivity contribution in [2.75, 3.05) is 39.5 Å². The van der Waals surface area contributed by atoms with Gasteiger partial charge in [-0.3, -0.25) is 76.7 Å². The summed E-state index contributed by atoms with van der Waals surface area (Å²) in [6.45, 7) is 20.4. The number of aliphatic hydroxyl groups excluding tert-OH is 5. The molecule has 0 radical (unpaired) electrons. The number of hydrogen-bond donors (Lipinski definition) is 23. The van der Waals surface area contributed by atoms with E-state index in [-0.39, 0.29) is 99.5 Å². The molecule has 44 nitrogen and oxygen atoms in total. The van der Waals surface area contributed by atoms with Gasteiger partial charge in [-0.05, 0) is 108 Å². The van der Waals surface area contributed by atoms with Crippen molar-refractivity contribution in [1.29, 1.82) is 0 Å². The Morgan fingerprint density at radius 2 is 0.697 bits per heavy atom. The average Bonchev–Trinajstić information content (AvgIpc) is 1.64. The van der Waals surface area contributed by atoms with Crippen molar-refractivity contribution in [3.05, 3.63) is 36.4 Å². The van der Waals surface area contributed by atoms with Crippen LogP contribution in [0, 0.1) is 35.5 Å². The summed E-state index contributed by atoms with van der Waals surface area (Å²) in [5.41, 5.74) is 6.67. The van der Waals surface area contributed by atoms with Gasteiger partial charge in [-0.25, -0.2) is 14.8 Å². The summed E-state index contributed by atoms with van der Waals surface area (Å²) in [6.07, 6.45) is 4.51. The summed E-state index contributed by atoms with van der Waals surface area (Å²) < 4.78 is 0. The Hall–Kier alpha value is -10.8. The van der Waals surface area contributed by atoms with Gasteiger partial charge in [0.15, 0.2) is 6.04 Å². The molecule has 16 amide bonds. The van der Waals surface area contributed by atoms with Crippen LogP contribution in [0.25, 0.3) is 0 Å². The second-order valence-electron chi connectivity index (χ2n) is 33.3. The number of imidazole rings is 2. The number of carbonyl (C=O) groups is 17. The molecule has 4 rings (SSSR count). The molecule has 0 spiro atoms. The van der Waals surface area contributed by atoms with Crippen LogP contribution in [-0.4, -0.2) is 309 Å². The van der Waals surface area contributed by atoms with Crippen LogP contribution in [0.3, 0.4) is 0 Å². The first kappa shape index (κ1) is 104. The third kappa shape index (κ3) is 32.2. The number of likely N-dealkylation sites (tertiary alicyclic amines) is 2. The lowest BCUT2D eigenvalue weighted by Gasteiger charge is -2.32. The highest BCUT2D eigenvalue weighted by molar-refractivity contribution is 6.01. The molecule has 2 fully saturated rings. The predicted octanol–water partition coefficient (Wildman–Crippen LogP) is -7.01. The molecule has 0 aliphatic carbocycles. The number of nitrogens with zero attached hydrogens (tertiary/aromatic N) is 4. The lowest BCUT2D eigenvalue weighted by atomic mass is 9.98. The van der Waals surface area contributed by atoms with E-state index in [4.69, 9.17) is 5.73 Å². The Labute approximate surface area is 708 Å². The molecule has 2 aromatic heterocycles. The van der Waals surface area contributed by atoms with E-state index in [0.29, 0.717) is 12.8 Å². The molecule has 0 unspecified atom stereocenters. The molecule has 4 heterocycles. The standard InChI is InChI=1S/C78H129N21O23/c1-36(2)22-47(79)64(107)86-49(24-38(5)6)66(109)90-52(25-39(7)8)76(119)98-20-16-19-58(98)74(117)95-59(40(9)10)75(118)89-48(23-37(3)4)65(108)84-42(13)62(105)91-54(31-101)71(114)93-56(33-103)72(115)96-60(41(11)12)77(120)99-21-17-18-57(99)73(116)94-55(32-102)70(113)88-50(26-45-28-80-34-82-45)67(110)87-51(27-46-29-81-35-83-46)68(111)92-53(30-100)69(112)85-43(14)63(106)97-61(44(15)104)78(121)122/h28-29,34-44,47-61,100-104H,16-27,30-33,79H2,1-15H3,(H,80,82)(H,81,83)(H,84,108)(H,85,112)(H,86,107)(H,87,110)(H,88,113)(H,89,118)(H,90,109)(H,91,105)(H,92,111)(H,93,114)(H,94,116)(H,95,117)(H,96,115)(H,97,106)(H,121,122)/t42-,43-,44+,47-,48-,49-,50-,51-,52-,53-,54-,55-,56-,57-,58-,59-,60-,61-/m0/s1. The van der Waals surface area contributed by atoms with Crippen molar-refractivity contribution in [1.82, 2.24) is 104 Å². The number of nitrogens with one attached hydrogen (secondary N) is 16. The van der Waals surface area contributed by atoms with E-state index in [9.17, 15) is 112 Å². The number of H-pyrrole nitrogens is 2. The van der Waals surface area contributed by atoms with Crippen molar-refractivity contribution in [2.45, 2.75) is 277 Å². The highest BCUT2D eigenvalue weighted by Crippen LogP contribution is 2.24. The normalized spacial score (nSPS) is 18.0. The van der Waals surface area contributed by atoms with Gasteiger partial charge in [0, 0.05) is 49.7 Å². The number of carbonyl (C=O) groups excluding carboxylic acids is 16. The second kappa shape index (κ2) is 49.9. The average molecular weight is 1730 g/mol. The van der Waals surface area contributed by atoms with Crippen molar-refractivity contribution < 1.29 is 112 Å². The summed E-state index contributed by atoms with van der Waals surface area (Å²) in [6, 6.07) is -24.8. The minimum absolute atomic E-state index is 0.00837. The van der Waals surface area contributed by atoms with Crippen LogP contribution < -0.4 is 80.2 Å². The molecule has 18 atom stereocenters. The lowest BCUT2D eigenvalue weighted by Crippen LogP contribution is -2.62. The number of carboxylic acid groups (broad SMARTS) is 1. The summed E-state index contributed by atoms with van der Waals surface area (Å²) >= 11 is 0. The number of rotatable bonds is 50. The Bertz CT molecular complexity index is 3860. The first-order valence-corrected chi connectivity index (χ1v) is 41.2. The highest BCUT2D eigenvalue weighted by atomic mass is 16.4. The van der Waals surface area contributed by atoms with Crippen molar-refractivity contribution >= 4 is 100 Å². The molecule has 684 valence electrons. The van der Waals surface area contributed by atoms with Crippen LogP contribution in [0.15, 0.2) is 25.0 Å². The van der Waals surface area contributed by atoms with Crippen LogP contribution in [0.4, 0.5) is 0 Å². The molecule has 122 heavy (non-hydrogen) atoms. The number of nitrogens with two attached hydrogens (primary N) is 1. The zero-order valence-corrected chi connectivity index (χ0v) is 72.0. The van der Waals surface area contributed by atoms with Crippen molar-refractivity contribution in [3.8, 4) is 0 Å². The minimum atomic E-state index is -1.86. The molecule has 0 saturated carbocycles. The zero-order chi connectivity index (χ0) is 91.9. The zero-order valence-electron chi connectivity index (χ0n) is 72.0. The van der Waals surface area contributed by atoms with Gasteiger partial charge in [0.25, 0.3) is 0 Å². The van der Waals surface area contributed by atoms with E-state index in [1.165, 1.54) is 50.7 Å². The summed E-state index contributed by atoms with van der Waals surface area (Å²) in [5.74, 6) is -17.9. The van der Waals surface area contributed by atoms with Gasteiger partial charge in [0.1, 0.15) is 90.6 Å². The minimum Gasteiger partial charge on any atom is -0.480 e. The summed E-state index contributed by atoms with van der Waals surface area (Å²) in [4.78, 5) is 250. The van der Waals surface area contributed by atoms with Crippen LogP contribution in [0.5, 0.6) is 0 Å². The molecule has 2 aliphatic heterocycles. The first-order valence-electron chi connectivity index (χ1n) is 41.2. The Morgan fingerprint density at radius 1 is 0.377 bits per heavy atom. The van der Waals surface area contributed by atoms with Crippen LogP contribution >= 0.6 is 0 Å². The van der Waals surface area contributed by atoms with E-state index in [0.717, 1.165) is 18.7 Å². The van der Waals surface area contributed by atoms with Gasteiger partial charge >= 0.3 is 5.97 Å². The van der Waals surface area contributed by atoms with E-state index in [1.807, 2.05) is 41.5 Å². The van der Waals surface area contributed by atoms with Gasteiger partial charge in [0.05, 0.1) is 51.2 Å². The molecule has 44 heteroatoms. The fourth-order valence-electron chi connectivity index (χ4n) is 13.6. The maximum Gasteiger partial charge on any atom is 0.328 e. The predicted molar refractivity (Wildman–Crippen MR) is 436 cm³/mol. The first-order chi connectivity index (χ1) is 57.3. The quantitative estimate of drug-likeness (QED) is 0.0293. The van der Waals surface area contributed by atoms with Gasteiger partial charge < -0.3 is 131 Å². The largest absolute Gasteiger partial charge is 0.480 e. The summed E-state index contributed by atoms with van der Waals surface area (Å²) in [5, 5.41) is 95.3. The van der Waals surface area contributed by atoms with E-state index < -0.39 is 248 Å². The van der Waals surface area contributed by atoms with Gasteiger partial charge in [-0.15, -0.1) is 0 Å². The Kier molecular flexibility index (Phi) is 42.4. The van der Waals surface area contributed by atoms with E-state index >= 15 is 0 Å². The molecule has 2 aromatic rings. The molecule has 0 aromatic carbocycles. The number of aliphatic hydroxyl groups is 5. The molecule has 24 N–H and O–H groups in total. The monoisotopic (exact) mass is 1730 g/mol. The lowest BCUT2D eigenvalue weighted by molar-refractivity contribution is -0.145. The van der Waals surface area contributed by atoms with Gasteiger partial charge in [-0.1, -0.05) is 83.1 Å². The smallest absolute Gasteiger partial charge is 0.328 e. The number of amides is 16. The van der Waals surface area contributed by atoms with Crippen LogP contribution in [0.2, 0.25) is 0 Å². The molecule has 2 aliphatic rings. The maximum absolute atomic E-state index is 14.5. The topological polar surface area (TPSA) is 670 Å². The van der Waals surface area contributed by atoms with E-state index in [2.05, 4.69) is 94.4 Å². The van der Waals surface area contributed by atoms with Crippen molar-refractivity contribution in [3.63, 3.8) is 0 Å². The van der Waals surface area contributed by atoms with E-state index in [1.54, 1.807) is 27.7 Å². The summed E-state index contributed by atoms with van der Waals surface area (Å²) in [7, 11) is 0. The number of aliphatic carboxylic acids is 1. The number of aromatic nitrogens is 4. The Balaban J connectivity index is 1.41. The molecular weight excluding hydrogens is 1600 g/mol. The number of hydrogen-bond acceptors (Lipinski definition) is 25. The van der Waals surface area contributed by atoms with Gasteiger partial charge in [0.2, 0.25) is 94.5 Å². The maximum atomic E-state index is 14.5. The molecule has 0 bridgehead atoms. The fourth-order valence-corrected chi connectivity index (χ4v) is 13.6. The SMILES string of the molecule is CC(C)C[C@H](NC(=O)[C@@H](NC(=O)[C@@H]1CCCN1C(=O)[C@H](CC(C)C)NC(=O)[C@H](CC(C)C)NC(=O)[C@@H](N)CC(C)C)C(C)C)C(=O)N[C@@H](C)C(=O)N[C@@H](CO)C(=O)N[C@@H](CO)C(=O)N[C@H](C(=O)N1CCC[C@H]1C(=O)N[C@@H](CO)C(=O)N[C@@H](Cc1cnc[nH]1)C(=O)N[C@@H](Cc1cnc[nH]1)C(=O)N[C@@H](CO)C(=O)N[C@@H](C)C(=O)N[C@H](C(=O)O)[C@@H](C)O)C(C)C. The molecule has 2 saturated heterocycles. The fraction of sp³-hybridized carbons (Fsp3) is 0.705. The Morgan fingerprint density at radius 3 is 1.09 bits per heavy atom. The molecular formula is C78H129N21O23. The van der Waals surface area contributed by atoms with Crippen LogP contribution in [-0.2, 0) is 94.3 Å².